The Kier molecular flexibility index (Phi) is 7.87. The average molecular weight is 384 g/mol. The van der Waals surface area contributed by atoms with Gasteiger partial charge in [0, 0.05) is 25.7 Å². The van der Waals surface area contributed by atoms with Gasteiger partial charge in [0.2, 0.25) is 5.91 Å². The lowest BCUT2D eigenvalue weighted by Gasteiger charge is -2.25. The van der Waals surface area contributed by atoms with Gasteiger partial charge in [-0.3, -0.25) is 9.59 Å². The molecule has 6 heteroatoms. The molecule has 0 aliphatic heterocycles. The first-order valence-corrected chi connectivity index (χ1v) is 9.33. The van der Waals surface area contributed by atoms with Crippen molar-refractivity contribution in [3.05, 3.63) is 54.1 Å². The van der Waals surface area contributed by atoms with E-state index in [1.165, 1.54) is 6.92 Å². The number of anilines is 1. The number of hydrogen-bond acceptors (Lipinski definition) is 4. The number of amides is 2. The van der Waals surface area contributed by atoms with Crippen molar-refractivity contribution in [1.82, 2.24) is 5.32 Å². The first-order chi connectivity index (χ1) is 13.4. The third kappa shape index (κ3) is 5.74. The molecule has 0 aliphatic carbocycles. The molecule has 0 radical (unpaired) electrons. The monoisotopic (exact) mass is 384 g/mol. The van der Waals surface area contributed by atoms with E-state index in [1.807, 2.05) is 36.4 Å². The third-order valence-electron chi connectivity index (χ3n) is 4.32. The number of hydrogen-bond donors (Lipinski definition) is 1. The van der Waals surface area contributed by atoms with Gasteiger partial charge in [-0.15, -0.1) is 0 Å². The standard InChI is InChI=1S/C22H28N2O4/c1-16(2)18-9-5-6-10-19(18)24(17(3)25)14-13-23-22(26)15-28-21-12-8-7-11-20(21)27-4/h5-12,16H,13-15H2,1-4H3,(H,23,26). The molecule has 0 unspecified atom stereocenters. The van der Waals surface area contributed by atoms with Gasteiger partial charge in [-0.2, -0.15) is 0 Å². The largest absolute Gasteiger partial charge is 0.493 e. The first kappa shape index (κ1) is 21.3. The summed E-state index contributed by atoms with van der Waals surface area (Å²) in [5.41, 5.74) is 1.98. The number of para-hydroxylation sites is 3. The van der Waals surface area contributed by atoms with Gasteiger partial charge in [-0.05, 0) is 29.7 Å². The second-order valence-electron chi connectivity index (χ2n) is 6.67. The highest BCUT2D eigenvalue weighted by Crippen LogP contribution is 2.27. The zero-order valence-electron chi connectivity index (χ0n) is 16.9. The first-order valence-electron chi connectivity index (χ1n) is 9.33. The molecular weight excluding hydrogens is 356 g/mol. The van der Waals surface area contributed by atoms with Crippen LogP contribution in [0.3, 0.4) is 0 Å². The Morgan fingerprint density at radius 1 is 1.04 bits per heavy atom. The minimum Gasteiger partial charge on any atom is -0.493 e. The van der Waals surface area contributed by atoms with Crippen LogP contribution in [0, 0.1) is 0 Å². The van der Waals surface area contributed by atoms with Crippen molar-refractivity contribution >= 4 is 17.5 Å². The van der Waals surface area contributed by atoms with Crippen LogP contribution in [0.25, 0.3) is 0 Å². The van der Waals surface area contributed by atoms with Gasteiger partial charge >= 0.3 is 0 Å². The highest BCUT2D eigenvalue weighted by atomic mass is 16.5. The highest BCUT2D eigenvalue weighted by Gasteiger charge is 2.17. The normalized spacial score (nSPS) is 10.5. The summed E-state index contributed by atoms with van der Waals surface area (Å²) in [5.74, 6) is 1.06. The van der Waals surface area contributed by atoms with E-state index >= 15 is 0 Å². The highest BCUT2D eigenvalue weighted by molar-refractivity contribution is 5.92. The third-order valence-corrected chi connectivity index (χ3v) is 4.32. The van der Waals surface area contributed by atoms with Crippen molar-refractivity contribution in [3.8, 4) is 11.5 Å². The van der Waals surface area contributed by atoms with Crippen molar-refractivity contribution in [3.63, 3.8) is 0 Å². The maximum atomic E-state index is 12.2. The SMILES string of the molecule is COc1ccccc1OCC(=O)NCCN(C(C)=O)c1ccccc1C(C)C. The van der Waals surface area contributed by atoms with Gasteiger partial charge in [0.1, 0.15) is 0 Å². The van der Waals surface area contributed by atoms with E-state index in [2.05, 4.69) is 19.2 Å². The van der Waals surface area contributed by atoms with E-state index in [0.29, 0.717) is 30.5 Å². The summed E-state index contributed by atoms with van der Waals surface area (Å²) in [6.45, 7) is 6.31. The van der Waals surface area contributed by atoms with E-state index in [-0.39, 0.29) is 18.4 Å². The number of methoxy groups -OCH3 is 1. The van der Waals surface area contributed by atoms with Crippen LogP contribution in [0.2, 0.25) is 0 Å². The molecule has 2 rings (SSSR count). The van der Waals surface area contributed by atoms with Crippen LogP contribution < -0.4 is 19.7 Å². The maximum Gasteiger partial charge on any atom is 0.258 e. The predicted octanol–water partition coefficient (Wildman–Crippen LogP) is 3.37. The molecule has 150 valence electrons. The quantitative estimate of drug-likeness (QED) is 0.720. The van der Waals surface area contributed by atoms with Gasteiger partial charge in [0.05, 0.1) is 7.11 Å². The summed E-state index contributed by atoms with van der Waals surface area (Å²) in [6.07, 6.45) is 0. The Hall–Kier alpha value is -3.02. The van der Waals surface area contributed by atoms with Crippen LogP contribution >= 0.6 is 0 Å². The topological polar surface area (TPSA) is 67.9 Å². The minimum atomic E-state index is -0.258. The van der Waals surface area contributed by atoms with Gasteiger partial charge in [0.25, 0.3) is 5.91 Å². The maximum absolute atomic E-state index is 12.2. The van der Waals surface area contributed by atoms with Crippen LogP contribution in [0.5, 0.6) is 11.5 Å². The number of benzene rings is 2. The van der Waals surface area contributed by atoms with E-state index in [9.17, 15) is 9.59 Å². The fourth-order valence-electron chi connectivity index (χ4n) is 2.91. The molecule has 0 fully saturated rings. The minimum absolute atomic E-state index is 0.0624. The summed E-state index contributed by atoms with van der Waals surface area (Å²) in [6, 6.07) is 15.0. The summed E-state index contributed by atoms with van der Waals surface area (Å²) in [5, 5.41) is 2.80. The number of carbonyl (C=O) groups is 2. The van der Waals surface area contributed by atoms with Gasteiger partial charge < -0.3 is 19.7 Å². The van der Waals surface area contributed by atoms with Crippen molar-refractivity contribution in [2.75, 3.05) is 31.7 Å². The lowest BCUT2D eigenvalue weighted by Crippen LogP contribution is -2.39. The average Bonchev–Trinajstić information content (AvgIpc) is 2.69. The smallest absolute Gasteiger partial charge is 0.258 e. The molecule has 0 spiro atoms. The van der Waals surface area contributed by atoms with E-state index < -0.39 is 0 Å². The lowest BCUT2D eigenvalue weighted by molar-refractivity contribution is -0.123. The van der Waals surface area contributed by atoms with Crippen molar-refractivity contribution < 1.29 is 19.1 Å². The second-order valence-corrected chi connectivity index (χ2v) is 6.67. The molecule has 0 saturated heterocycles. The predicted molar refractivity (Wildman–Crippen MR) is 110 cm³/mol. The summed E-state index contributed by atoms with van der Waals surface area (Å²) in [4.78, 5) is 25.9. The Labute approximate surface area is 166 Å². The second kappa shape index (κ2) is 10.3. The molecule has 0 heterocycles. The Morgan fingerprint density at radius 3 is 2.32 bits per heavy atom. The summed E-state index contributed by atoms with van der Waals surface area (Å²) >= 11 is 0. The Bertz CT molecular complexity index is 805. The molecule has 0 bridgehead atoms. The number of nitrogens with zero attached hydrogens (tertiary/aromatic N) is 1. The van der Waals surface area contributed by atoms with E-state index in [0.717, 1.165) is 11.3 Å². The fraction of sp³-hybridized carbons (Fsp3) is 0.364. The van der Waals surface area contributed by atoms with Crippen molar-refractivity contribution in [1.29, 1.82) is 0 Å². The Balaban J connectivity index is 1.91. The molecule has 6 nitrogen and oxygen atoms in total. The van der Waals surface area contributed by atoms with Crippen molar-refractivity contribution in [2.24, 2.45) is 0 Å². The van der Waals surface area contributed by atoms with Crippen LogP contribution in [-0.4, -0.2) is 38.6 Å². The molecular formula is C22H28N2O4. The molecule has 2 amide bonds. The van der Waals surface area contributed by atoms with E-state index in [1.54, 1.807) is 24.1 Å². The van der Waals surface area contributed by atoms with Gasteiger partial charge in [-0.25, -0.2) is 0 Å². The molecule has 0 saturated carbocycles. The van der Waals surface area contributed by atoms with Crippen LogP contribution in [0.1, 0.15) is 32.3 Å². The van der Waals surface area contributed by atoms with Gasteiger partial charge in [0.15, 0.2) is 18.1 Å². The van der Waals surface area contributed by atoms with E-state index in [4.69, 9.17) is 9.47 Å². The Morgan fingerprint density at radius 2 is 1.68 bits per heavy atom. The number of carbonyl (C=O) groups excluding carboxylic acids is 2. The molecule has 0 aliphatic rings. The zero-order valence-corrected chi connectivity index (χ0v) is 16.9. The number of ether oxygens (including phenoxy) is 2. The lowest BCUT2D eigenvalue weighted by atomic mass is 10.0. The van der Waals surface area contributed by atoms with Crippen LogP contribution in [0.15, 0.2) is 48.5 Å². The fourth-order valence-corrected chi connectivity index (χ4v) is 2.91. The molecule has 2 aromatic rings. The number of nitrogens with one attached hydrogen (secondary N) is 1. The molecule has 0 aromatic heterocycles. The molecule has 28 heavy (non-hydrogen) atoms. The summed E-state index contributed by atoms with van der Waals surface area (Å²) < 4.78 is 10.7. The summed E-state index contributed by atoms with van der Waals surface area (Å²) in [7, 11) is 1.55. The van der Waals surface area contributed by atoms with Crippen LogP contribution in [0.4, 0.5) is 5.69 Å². The van der Waals surface area contributed by atoms with Gasteiger partial charge in [-0.1, -0.05) is 44.2 Å². The molecule has 2 aromatic carbocycles. The molecule has 1 N–H and O–H groups in total. The number of rotatable bonds is 9. The molecule has 0 atom stereocenters. The van der Waals surface area contributed by atoms with Crippen molar-refractivity contribution in [2.45, 2.75) is 26.7 Å². The zero-order chi connectivity index (χ0) is 20.5. The van der Waals surface area contributed by atoms with Crippen LogP contribution in [-0.2, 0) is 9.59 Å².